The second kappa shape index (κ2) is 7.50. The number of anilines is 2. The van der Waals surface area contributed by atoms with Crippen LogP contribution in [0.5, 0.6) is 0 Å². The van der Waals surface area contributed by atoms with Crippen molar-refractivity contribution >= 4 is 28.1 Å². The van der Waals surface area contributed by atoms with Crippen molar-refractivity contribution in [3.05, 3.63) is 71.8 Å². The van der Waals surface area contributed by atoms with Crippen molar-refractivity contribution in [2.45, 2.75) is 6.54 Å². The first-order valence-corrected chi connectivity index (χ1v) is 10.1. The number of nitrogens with zero attached hydrogens (tertiary/aromatic N) is 3. The lowest BCUT2D eigenvalue weighted by Crippen LogP contribution is -2.37. The summed E-state index contributed by atoms with van der Waals surface area (Å²) in [4.78, 5) is 19.4. The van der Waals surface area contributed by atoms with Crippen LogP contribution >= 0.6 is 0 Å². The Labute approximate surface area is 171 Å². The molecule has 0 spiro atoms. The molecular formula is C24H25N3O2. The molecular weight excluding hydrogens is 362 g/mol. The molecule has 3 aromatic carbocycles. The molecule has 1 saturated heterocycles. The number of rotatable bonds is 5. The van der Waals surface area contributed by atoms with Crippen molar-refractivity contribution in [2.75, 3.05) is 49.8 Å². The molecule has 0 atom stereocenters. The van der Waals surface area contributed by atoms with Crippen LogP contribution in [0.4, 0.5) is 11.4 Å². The zero-order valence-corrected chi connectivity index (χ0v) is 16.7. The molecule has 1 amide bonds. The highest BCUT2D eigenvalue weighted by Crippen LogP contribution is 2.37. The SMILES string of the molecule is CN(Cc1ccc(N2CCOCC2)cc1)CN1C(=O)c2cccc3cccc1c23. The van der Waals surface area contributed by atoms with Gasteiger partial charge in [0.25, 0.3) is 5.91 Å². The van der Waals surface area contributed by atoms with E-state index in [0.717, 1.165) is 54.9 Å². The zero-order chi connectivity index (χ0) is 19.8. The fourth-order valence-electron chi connectivity index (χ4n) is 4.36. The molecule has 5 heteroatoms. The van der Waals surface area contributed by atoms with Crippen molar-refractivity contribution < 1.29 is 9.53 Å². The lowest BCUT2D eigenvalue weighted by atomic mass is 10.1. The average Bonchev–Trinajstić information content (AvgIpc) is 3.03. The van der Waals surface area contributed by atoms with Crippen LogP contribution in [0.3, 0.4) is 0 Å². The molecule has 0 aromatic heterocycles. The number of carbonyl (C=O) groups is 1. The van der Waals surface area contributed by atoms with Gasteiger partial charge >= 0.3 is 0 Å². The number of benzene rings is 3. The van der Waals surface area contributed by atoms with Gasteiger partial charge in [-0.3, -0.25) is 14.6 Å². The van der Waals surface area contributed by atoms with E-state index in [2.05, 4.69) is 53.2 Å². The third-order valence-corrected chi connectivity index (χ3v) is 5.80. The highest BCUT2D eigenvalue weighted by molar-refractivity contribution is 6.24. The molecule has 0 saturated carbocycles. The fraction of sp³-hybridized carbons (Fsp3) is 0.292. The van der Waals surface area contributed by atoms with Crippen molar-refractivity contribution in [2.24, 2.45) is 0 Å². The van der Waals surface area contributed by atoms with E-state index in [4.69, 9.17) is 4.74 Å². The molecule has 29 heavy (non-hydrogen) atoms. The Hall–Kier alpha value is -2.89. The zero-order valence-electron chi connectivity index (χ0n) is 16.7. The highest BCUT2D eigenvalue weighted by atomic mass is 16.5. The molecule has 0 aliphatic carbocycles. The first-order valence-electron chi connectivity index (χ1n) is 10.1. The quantitative estimate of drug-likeness (QED) is 0.668. The van der Waals surface area contributed by atoms with Crippen molar-refractivity contribution in [3.63, 3.8) is 0 Å². The van der Waals surface area contributed by atoms with Gasteiger partial charge in [-0.1, -0.05) is 36.4 Å². The summed E-state index contributed by atoms with van der Waals surface area (Å²) in [6.45, 7) is 4.84. The molecule has 5 nitrogen and oxygen atoms in total. The maximum atomic E-state index is 13.0. The van der Waals surface area contributed by atoms with Gasteiger partial charge in [0.1, 0.15) is 0 Å². The lowest BCUT2D eigenvalue weighted by Gasteiger charge is -2.29. The summed E-state index contributed by atoms with van der Waals surface area (Å²) in [5.41, 5.74) is 4.31. The summed E-state index contributed by atoms with van der Waals surface area (Å²) in [6.07, 6.45) is 0. The van der Waals surface area contributed by atoms with E-state index in [9.17, 15) is 4.79 Å². The number of hydrogen-bond donors (Lipinski definition) is 0. The minimum atomic E-state index is 0.0892. The Bertz CT molecular complexity index is 1040. The van der Waals surface area contributed by atoms with Crippen molar-refractivity contribution in [1.82, 2.24) is 4.90 Å². The Balaban J connectivity index is 1.28. The smallest absolute Gasteiger partial charge is 0.260 e. The maximum Gasteiger partial charge on any atom is 0.260 e. The van der Waals surface area contributed by atoms with E-state index in [1.165, 1.54) is 11.3 Å². The predicted molar refractivity (Wildman–Crippen MR) is 117 cm³/mol. The van der Waals surface area contributed by atoms with Crippen LogP contribution in [-0.2, 0) is 11.3 Å². The summed E-state index contributed by atoms with van der Waals surface area (Å²) in [5.74, 6) is 0.0892. The number of carbonyl (C=O) groups excluding carboxylic acids is 1. The molecule has 0 N–H and O–H groups in total. The minimum absolute atomic E-state index is 0.0892. The summed E-state index contributed by atoms with van der Waals surface area (Å²) in [5, 5.41) is 2.19. The normalized spacial score (nSPS) is 16.3. The first kappa shape index (κ1) is 18.2. The predicted octanol–water partition coefficient (Wildman–Crippen LogP) is 3.73. The van der Waals surface area contributed by atoms with E-state index in [1.54, 1.807) is 0 Å². The standard InChI is InChI=1S/C24H25N3O2/c1-25(16-18-8-10-20(11-9-18)26-12-14-29-15-13-26)17-27-22-7-3-5-19-4-2-6-21(23(19)22)24(27)28/h2-11H,12-17H2,1H3. The molecule has 148 valence electrons. The van der Waals surface area contributed by atoms with E-state index in [1.807, 2.05) is 29.2 Å². The van der Waals surface area contributed by atoms with Crippen LogP contribution in [0, 0.1) is 0 Å². The summed E-state index contributed by atoms with van der Waals surface area (Å²) >= 11 is 0. The average molecular weight is 387 g/mol. The van der Waals surface area contributed by atoms with Gasteiger partial charge in [-0.05, 0) is 42.3 Å². The van der Waals surface area contributed by atoms with Crippen LogP contribution in [-0.4, -0.2) is 50.8 Å². The van der Waals surface area contributed by atoms with Gasteiger partial charge in [-0.15, -0.1) is 0 Å². The molecule has 0 unspecified atom stereocenters. The minimum Gasteiger partial charge on any atom is -0.378 e. The van der Waals surface area contributed by atoms with Crippen LogP contribution in [0.25, 0.3) is 10.8 Å². The Kier molecular flexibility index (Phi) is 4.70. The third kappa shape index (κ3) is 3.37. The first-order chi connectivity index (χ1) is 14.2. The topological polar surface area (TPSA) is 36.0 Å². The summed E-state index contributed by atoms with van der Waals surface area (Å²) < 4.78 is 5.43. The van der Waals surface area contributed by atoms with Gasteiger partial charge in [0.15, 0.2) is 0 Å². The number of morpholine rings is 1. The highest BCUT2D eigenvalue weighted by Gasteiger charge is 2.30. The summed E-state index contributed by atoms with van der Waals surface area (Å²) in [6, 6.07) is 20.8. The molecule has 0 bridgehead atoms. The van der Waals surface area contributed by atoms with Crippen LogP contribution < -0.4 is 9.80 Å². The van der Waals surface area contributed by atoms with E-state index < -0.39 is 0 Å². The van der Waals surface area contributed by atoms with Gasteiger partial charge in [0.05, 0.1) is 25.6 Å². The second-order valence-electron chi connectivity index (χ2n) is 7.84. The van der Waals surface area contributed by atoms with Gasteiger partial charge in [-0.2, -0.15) is 0 Å². The van der Waals surface area contributed by atoms with Crippen molar-refractivity contribution in [3.8, 4) is 0 Å². The largest absolute Gasteiger partial charge is 0.378 e. The van der Waals surface area contributed by atoms with Gasteiger partial charge in [0.2, 0.25) is 0 Å². The molecule has 0 radical (unpaired) electrons. The Morgan fingerprint density at radius 1 is 0.966 bits per heavy atom. The van der Waals surface area contributed by atoms with Crippen molar-refractivity contribution in [1.29, 1.82) is 0 Å². The Morgan fingerprint density at radius 3 is 2.45 bits per heavy atom. The van der Waals surface area contributed by atoms with Crippen LogP contribution in [0.1, 0.15) is 15.9 Å². The maximum absolute atomic E-state index is 13.0. The van der Waals surface area contributed by atoms with E-state index in [0.29, 0.717) is 6.67 Å². The van der Waals surface area contributed by atoms with E-state index in [-0.39, 0.29) is 5.91 Å². The number of amides is 1. The van der Waals surface area contributed by atoms with E-state index >= 15 is 0 Å². The van der Waals surface area contributed by atoms with Gasteiger partial charge in [-0.25, -0.2) is 0 Å². The second-order valence-corrected chi connectivity index (χ2v) is 7.84. The Morgan fingerprint density at radius 2 is 1.69 bits per heavy atom. The lowest BCUT2D eigenvalue weighted by molar-refractivity contribution is 0.0977. The summed E-state index contributed by atoms with van der Waals surface area (Å²) in [7, 11) is 2.06. The molecule has 3 aromatic rings. The monoisotopic (exact) mass is 387 g/mol. The third-order valence-electron chi connectivity index (χ3n) is 5.80. The number of hydrogen-bond acceptors (Lipinski definition) is 4. The molecule has 2 aliphatic rings. The molecule has 1 fully saturated rings. The number of ether oxygens (including phenoxy) is 1. The van der Waals surface area contributed by atoms with Crippen LogP contribution in [0.2, 0.25) is 0 Å². The molecule has 5 rings (SSSR count). The van der Waals surface area contributed by atoms with Crippen LogP contribution in [0.15, 0.2) is 60.7 Å². The molecule has 2 aliphatic heterocycles. The van der Waals surface area contributed by atoms with Gasteiger partial charge in [0, 0.05) is 36.3 Å². The van der Waals surface area contributed by atoms with Gasteiger partial charge < -0.3 is 9.64 Å². The fourth-order valence-corrected chi connectivity index (χ4v) is 4.36. The molecule has 2 heterocycles.